The fourth-order valence-corrected chi connectivity index (χ4v) is 2.04. The summed E-state index contributed by atoms with van der Waals surface area (Å²) in [4.78, 5) is 11.3. The second-order valence-electron chi connectivity index (χ2n) is 6.24. The fourth-order valence-electron chi connectivity index (χ4n) is 2.04. The maximum atomic E-state index is 11.3. The average Bonchev–Trinajstić information content (AvgIpc) is 2.36. The maximum absolute atomic E-state index is 11.3. The largest absolute Gasteiger partial charge is 0.465 e. The van der Waals surface area contributed by atoms with Gasteiger partial charge in [0.05, 0.1) is 18.8 Å². The van der Waals surface area contributed by atoms with Gasteiger partial charge in [-0.15, -0.1) is 0 Å². The van der Waals surface area contributed by atoms with E-state index >= 15 is 0 Å². The van der Waals surface area contributed by atoms with Gasteiger partial charge in [-0.1, -0.05) is 32.9 Å². The van der Waals surface area contributed by atoms with Crippen LogP contribution in [-0.2, 0) is 11.3 Å². The van der Waals surface area contributed by atoms with Crippen molar-refractivity contribution in [1.29, 1.82) is 0 Å². The highest BCUT2D eigenvalue weighted by molar-refractivity contribution is 5.89. The zero-order valence-corrected chi connectivity index (χ0v) is 12.8. The van der Waals surface area contributed by atoms with E-state index in [9.17, 15) is 9.90 Å². The Morgan fingerprint density at radius 1 is 1.30 bits per heavy atom. The zero-order chi connectivity index (χ0) is 15.2. The summed E-state index contributed by atoms with van der Waals surface area (Å²) in [6, 6.07) is 7.26. The standard InChI is InChI=1S/C16H25NO3/c1-16(2,3)9-14(18)11-17-10-12-5-7-13(8-6-12)15(19)20-4/h5-8,14,17-18H,9-11H2,1-4H3. The van der Waals surface area contributed by atoms with Gasteiger partial charge in [-0.2, -0.15) is 0 Å². The first-order valence-corrected chi connectivity index (χ1v) is 6.88. The summed E-state index contributed by atoms with van der Waals surface area (Å²) in [6.07, 6.45) is 0.422. The molecule has 0 spiro atoms. The number of carbonyl (C=O) groups excluding carboxylic acids is 1. The third-order valence-corrected chi connectivity index (χ3v) is 2.93. The molecule has 0 heterocycles. The van der Waals surface area contributed by atoms with Crippen LogP contribution in [0.2, 0.25) is 0 Å². The van der Waals surface area contributed by atoms with Crippen LogP contribution in [0.4, 0.5) is 0 Å². The second kappa shape index (κ2) is 7.41. The van der Waals surface area contributed by atoms with Crippen LogP contribution >= 0.6 is 0 Å². The average molecular weight is 279 g/mol. The molecular weight excluding hydrogens is 254 g/mol. The highest BCUT2D eigenvalue weighted by Crippen LogP contribution is 2.20. The SMILES string of the molecule is COC(=O)c1ccc(CNCC(O)CC(C)(C)C)cc1. The van der Waals surface area contributed by atoms with Crippen molar-refractivity contribution in [3.05, 3.63) is 35.4 Å². The molecule has 20 heavy (non-hydrogen) atoms. The number of aliphatic hydroxyl groups is 1. The van der Waals surface area contributed by atoms with Crippen LogP contribution < -0.4 is 5.32 Å². The Balaban J connectivity index is 2.37. The molecule has 112 valence electrons. The van der Waals surface area contributed by atoms with Gasteiger partial charge in [-0.3, -0.25) is 0 Å². The molecule has 4 heteroatoms. The quantitative estimate of drug-likeness (QED) is 0.785. The highest BCUT2D eigenvalue weighted by atomic mass is 16.5. The lowest BCUT2D eigenvalue weighted by Gasteiger charge is -2.22. The van der Waals surface area contributed by atoms with Gasteiger partial charge < -0.3 is 15.2 Å². The van der Waals surface area contributed by atoms with Crippen molar-refractivity contribution in [3.8, 4) is 0 Å². The van der Waals surface area contributed by atoms with E-state index in [0.29, 0.717) is 18.7 Å². The van der Waals surface area contributed by atoms with Gasteiger partial charge in [-0.05, 0) is 29.5 Å². The summed E-state index contributed by atoms with van der Waals surface area (Å²) < 4.78 is 4.65. The first-order valence-electron chi connectivity index (χ1n) is 6.88. The van der Waals surface area contributed by atoms with Crippen molar-refractivity contribution >= 4 is 5.97 Å². The minimum absolute atomic E-state index is 0.128. The van der Waals surface area contributed by atoms with E-state index in [1.54, 1.807) is 12.1 Å². The number of methoxy groups -OCH3 is 1. The summed E-state index contributed by atoms with van der Waals surface area (Å²) in [5.74, 6) is -0.329. The molecule has 0 fully saturated rings. The summed E-state index contributed by atoms with van der Waals surface area (Å²) in [6.45, 7) is 7.57. The van der Waals surface area contributed by atoms with E-state index in [1.165, 1.54) is 7.11 Å². The van der Waals surface area contributed by atoms with E-state index in [0.717, 1.165) is 12.0 Å². The van der Waals surface area contributed by atoms with Gasteiger partial charge in [0.2, 0.25) is 0 Å². The van der Waals surface area contributed by atoms with E-state index in [4.69, 9.17) is 0 Å². The third-order valence-electron chi connectivity index (χ3n) is 2.93. The maximum Gasteiger partial charge on any atom is 0.337 e. The van der Waals surface area contributed by atoms with Crippen LogP contribution in [0.25, 0.3) is 0 Å². The van der Waals surface area contributed by atoms with Crippen molar-refractivity contribution in [2.45, 2.75) is 39.8 Å². The second-order valence-corrected chi connectivity index (χ2v) is 6.24. The first-order chi connectivity index (χ1) is 9.31. The van der Waals surface area contributed by atoms with Gasteiger partial charge in [0.1, 0.15) is 0 Å². The Labute approximate surface area is 121 Å². The Morgan fingerprint density at radius 3 is 2.40 bits per heavy atom. The van der Waals surface area contributed by atoms with Crippen LogP contribution in [0.5, 0.6) is 0 Å². The first kappa shape index (κ1) is 16.7. The molecule has 1 aromatic carbocycles. The molecular formula is C16H25NO3. The lowest BCUT2D eigenvalue weighted by molar-refractivity contribution is 0.0600. The van der Waals surface area contributed by atoms with Crippen molar-refractivity contribution in [1.82, 2.24) is 5.32 Å². The molecule has 0 saturated heterocycles. The number of esters is 1. The third kappa shape index (κ3) is 6.17. The van der Waals surface area contributed by atoms with Crippen LogP contribution in [-0.4, -0.2) is 30.8 Å². The summed E-state index contributed by atoms with van der Waals surface area (Å²) in [7, 11) is 1.37. The number of hydrogen-bond acceptors (Lipinski definition) is 4. The van der Waals surface area contributed by atoms with E-state index in [1.807, 2.05) is 12.1 Å². The lowest BCUT2D eigenvalue weighted by atomic mass is 9.89. The molecule has 1 aromatic rings. The number of rotatable bonds is 6. The van der Waals surface area contributed by atoms with Crippen molar-refractivity contribution in [3.63, 3.8) is 0 Å². The van der Waals surface area contributed by atoms with E-state index in [-0.39, 0.29) is 17.5 Å². The molecule has 0 radical (unpaired) electrons. The molecule has 0 aliphatic carbocycles. The van der Waals surface area contributed by atoms with Crippen LogP contribution in [0.3, 0.4) is 0 Å². The monoisotopic (exact) mass is 279 g/mol. The normalized spacial score (nSPS) is 13.1. The molecule has 4 nitrogen and oxygen atoms in total. The van der Waals surface area contributed by atoms with Crippen molar-refractivity contribution in [2.75, 3.05) is 13.7 Å². The molecule has 1 unspecified atom stereocenters. The van der Waals surface area contributed by atoms with Crippen molar-refractivity contribution < 1.29 is 14.6 Å². The Kier molecular flexibility index (Phi) is 6.17. The molecule has 0 saturated carbocycles. The van der Waals surface area contributed by atoms with Gasteiger partial charge >= 0.3 is 5.97 Å². The molecule has 0 aliphatic rings. The van der Waals surface area contributed by atoms with Gasteiger partial charge in [0.15, 0.2) is 0 Å². The Hall–Kier alpha value is -1.39. The minimum atomic E-state index is -0.343. The van der Waals surface area contributed by atoms with E-state index < -0.39 is 0 Å². The molecule has 0 aliphatic heterocycles. The molecule has 1 atom stereocenters. The topological polar surface area (TPSA) is 58.6 Å². The number of hydrogen-bond donors (Lipinski definition) is 2. The highest BCUT2D eigenvalue weighted by Gasteiger charge is 2.16. The summed E-state index contributed by atoms with van der Waals surface area (Å²) in [5.41, 5.74) is 1.74. The Bertz CT molecular complexity index is 420. The predicted molar refractivity (Wildman–Crippen MR) is 79.6 cm³/mol. The van der Waals surface area contributed by atoms with Crippen LogP contribution in [0.15, 0.2) is 24.3 Å². The summed E-state index contributed by atoms with van der Waals surface area (Å²) >= 11 is 0. The lowest BCUT2D eigenvalue weighted by Crippen LogP contribution is -2.29. The van der Waals surface area contributed by atoms with E-state index in [2.05, 4.69) is 30.8 Å². The molecule has 0 amide bonds. The predicted octanol–water partition coefficient (Wildman–Crippen LogP) is 2.36. The van der Waals surface area contributed by atoms with Gasteiger partial charge in [0, 0.05) is 13.1 Å². The molecule has 0 bridgehead atoms. The number of carbonyl (C=O) groups is 1. The molecule has 0 aromatic heterocycles. The van der Waals surface area contributed by atoms with Crippen molar-refractivity contribution in [2.24, 2.45) is 5.41 Å². The molecule has 1 rings (SSSR count). The van der Waals surface area contributed by atoms with Crippen LogP contribution in [0.1, 0.15) is 43.1 Å². The smallest absolute Gasteiger partial charge is 0.337 e. The number of ether oxygens (including phenoxy) is 1. The van der Waals surface area contributed by atoms with Crippen LogP contribution in [0, 0.1) is 5.41 Å². The number of nitrogens with one attached hydrogen (secondary N) is 1. The van der Waals surface area contributed by atoms with Gasteiger partial charge in [0.25, 0.3) is 0 Å². The zero-order valence-electron chi connectivity index (χ0n) is 12.8. The number of benzene rings is 1. The summed E-state index contributed by atoms with van der Waals surface area (Å²) in [5, 5.41) is 13.1. The fraction of sp³-hybridized carbons (Fsp3) is 0.562. The molecule has 2 N–H and O–H groups in total. The number of aliphatic hydroxyl groups excluding tert-OH is 1. The Morgan fingerprint density at radius 2 is 1.90 bits per heavy atom. The minimum Gasteiger partial charge on any atom is -0.465 e. The van der Waals surface area contributed by atoms with Gasteiger partial charge in [-0.25, -0.2) is 4.79 Å².